The number of aromatic nitrogens is 2. The molecule has 6 heteroatoms. The Morgan fingerprint density at radius 2 is 1.86 bits per heavy atom. The lowest BCUT2D eigenvalue weighted by Gasteiger charge is -2.35. The van der Waals surface area contributed by atoms with E-state index in [4.69, 9.17) is 0 Å². The number of hydrogen-bond donors (Lipinski definition) is 0. The van der Waals surface area contributed by atoms with Crippen LogP contribution in [-0.2, 0) is 7.05 Å². The SMILES string of the molecule is Cc1cc(C(=O)N2CCN(c3ccccc3F)CC2)nn1C. The smallest absolute Gasteiger partial charge is 0.274 e. The fourth-order valence-corrected chi connectivity index (χ4v) is 2.69. The van der Waals surface area contributed by atoms with Crippen LogP contribution in [0.3, 0.4) is 0 Å². The maximum atomic E-state index is 13.8. The van der Waals surface area contributed by atoms with Crippen LogP contribution in [-0.4, -0.2) is 46.8 Å². The van der Waals surface area contributed by atoms with E-state index in [1.165, 1.54) is 6.07 Å². The molecule has 0 bridgehead atoms. The lowest BCUT2D eigenvalue weighted by Crippen LogP contribution is -2.49. The zero-order chi connectivity index (χ0) is 15.7. The molecule has 1 aromatic carbocycles. The van der Waals surface area contributed by atoms with Crippen molar-refractivity contribution >= 4 is 11.6 Å². The average molecular weight is 302 g/mol. The third-order valence-corrected chi connectivity index (χ3v) is 4.09. The minimum absolute atomic E-state index is 0.0584. The van der Waals surface area contributed by atoms with Gasteiger partial charge in [0.15, 0.2) is 5.69 Å². The Hall–Kier alpha value is -2.37. The van der Waals surface area contributed by atoms with Gasteiger partial charge in [-0.3, -0.25) is 9.48 Å². The Morgan fingerprint density at radius 1 is 1.18 bits per heavy atom. The molecular weight excluding hydrogens is 283 g/mol. The van der Waals surface area contributed by atoms with Gasteiger partial charge in [0.1, 0.15) is 5.82 Å². The van der Waals surface area contributed by atoms with Gasteiger partial charge in [0, 0.05) is 38.9 Å². The standard InChI is InChI=1S/C16H19FN4O/c1-12-11-14(18-19(12)2)16(22)21-9-7-20(8-10-21)15-6-4-3-5-13(15)17/h3-6,11H,7-10H2,1-2H3. The van der Waals surface area contributed by atoms with Crippen molar-refractivity contribution in [3.8, 4) is 0 Å². The molecule has 0 radical (unpaired) electrons. The molecule has 3 rings (SSSR count). The summed E-state index contributed by atoms with van der Waals surface area (Å²) in [5, 5.41) is 4.23. The van der Waals surface area contributed by atoms with E-state index >= 15 is 0 Å². The van der Waals surface area contributed by atoms with Crippen LogP contribution in [0.4, 0.5) is 10.1 Å². The first kappa shape index (κ1) is 14.6. The van der Waals surface area contributed by atoms with Gasteiger partial charge in [-0.1, -0.05) is 12.1 Å². The van der Waals surface area contributed by atoms with E-state index in [2.05, 4.69) is 5.10 Å². The average Bonchev–Trinajstić information content (AvgIpc) is 2.87. The number of piperazine rings is 1. The molecule has 0 unspecified atom stereocenters. The van der Waals surface area contributed by atoms with Crippen LogP contribution < -0.4 is 4.90 Å². The molecule has 1 aliphatic heterocycles. The van der Waals surface area contributed by atoms with Crippen LogP contribution in [0.5, 0.6) is 0 Å². The number of amides is 1. The zero-order valence-corrected chi connectivity index (χ0v) is 12.8. The van der Waals surface area contributed by atoms with Gasteiger partial charge in [-0.15, -0.1) is 0 Å². The van der Waals surface area contributed by atoms with Crippen LogP contribution in [0.1, 0.15) is 16.2 Å². The summed E-state index contributed by atoms with van der Waals surface area (Å²) in [7, 11) is 1.82. The number of halogens is 1. The lowest BCUT2D eigenvalue weighted by atomic mass is 10.2. The minimum atomic E-state index is -0.220. The second-order valence-electron chi connectivity index (χ2n) is 5.53. The molecule has 2 heterocycles. The van der Waals surface area contributed by atoms with Crippen molar-refractivity contribution in [1.82, 2.24) is 14.7 Å². The maximum absolute atomic E-state index is 13.8. The van der Waals surface area contributed by atoms with Gasteiger partial charge in [0.05, 0.1) is 5.69 Å². The predicted octanol–water partition coefficient (Wildman–Crippen LogP) is 1.83. The highest BCUT2D eigenvalue weighted by Gasteiger charge is 2.25. The fraction of sp³-hybridized carbons (Fsp3) is 0.375. The Labute approximate surface area is 128 Å². The van der Waals surface area contributed by atoms with Gasteiger partial charge in [-0.2, -0.15) is 5.10 Å². The third-order valence-electron chi connectivity index (χ3n) is 4.09. The quantitative estimate of drug-likeness (QED) is 0.850. The molecule has 1 aliphatic rings. The number of benzene rings is 1. The van der Waals surface area contributed by atoms with E-state index in [0.29, 0.717) is 37.6 Å². The molecule has 0 atom stereocenters. The molecule has 1 aromatic heterocycles. The molecule has 1 saturated heterocycles. The van der Waals surface area contributed by atoms with Gasteiger partial charge in [0.2, 0.25) is 0 Å². The van der Waals surface area contributed by atoms with Gasteiger partial charge >= 0.3 is 0 Å². The predicted molar refractivity (Wildman–Crippen MR) is 82.5 cm³/mol. The molecule has 0 aliphatic carbocycles. The number of carbonyl (C=O) groups excluding carboxylic acids is 1. The molecular formula is C16H19FN4O. The van der Waals surface area contributed by atoms with E-state index in [1.807, 2.05) is 24.9 Å². The number of rotatable bonds is 2. The topological polar surface area (TPSA) is 41.4 Å². The molecule has 1 amide bonds. The van der Waals surface area contributed by atoms with Crippen molar-refractivity contribution in [2.45, 2.75) is 6.92 Å². The largest absolute Gasteiger partial charge is 0.366 e. The van der Waals surface area contributed by atoms with Crippen molar-refractivity contribution < 1.29 is 9.18 Å². The molecule has 0 N–H and O–H groups in total. The van der Waals surface area contributed by atoms with E-state index in [-0.39, 0.29) is 11.7 Å². The summed E-state index contributed by atoms with van der Waals surface area (Å²) >= 11 is 0. The maximum Gasteiger partial charge on any atom is 0.274 e. The van der Waals surface area contributed by atoms with E-state index in [1.54, 1.807) is 27.8 Å². The van der Waals surface area contributed by atoms with Crippen LogP contribution in [0.2, 0.25) is 0 Å². The van der Waals surface area contributed by atoms with Gasteiger partial charge in [-0.25, -0.2) is 4.39 Å². The first-order chi connectivity index (χ1) is 10.6. The zero-order valence-electron chi connectivity index (χ0n) is 12.8. The normalized spacial score (nSPS) is 15.2. The first-order valence-corrected chi connectivity index (χ1v) is 7.35. The van der Waals surface area contributed by atoms with E-state index < -0.39 is 0 Å². The molecule has 22 heavy (non-hydrogen) atoms. The number of aryl methyl sites for hydroxylation is 2. The van der Waals surface area contributed by atoms with Crippen molar-refractivity contribution in [2.75, 3.05) is 31.1 Å². The van der Waals surface area contributed by atoms with Gasteiger partial charge in [-0.05, 0) is 25.1 Å². The first-order valence-electron chi connectivity index (χ1n) is 7.35. The fourth-order valence-electron chi connectivity index (χ4n) is 2.69. The van der Waals surface area contributed by atoms with Crippen molar-refractivity contribution in [1.29, 1.82) is 0 Å². The highest BCUT2D eigenvalue weighted by molar-refractivity contribution is 5.92. The second kappa shape index (κ2) is 5.79. The number of carbonyl (C=O) groups is 1. The summed E-state index contributed by atoms with van der Waals surface area (Å²) in [5.41, 5.74) is 2.02. The van der Waals surface area contributed by atoms with Crippen LogP contribution >= 0.6 is 0 Å². The molecule has 1 fully saturated rings. The summed E-state index contributed by atoms with van der Waals surface area (Å²) in [6, 6.07) is 8.54. The molecule has 0 spiro atoms. The summed E-state index contributed by atoms with van der Waals surface area (Å²) in [6.45, 7) is 4.31. The number of anilines is 1. The van der Waals surface area contributed by atoms with E-state index in [0.717, 1.165) is 5.69 Å². The molecule has 2 aromatic rings. The molecule has 0 saturated carbocycles. The number of para-hydroxylation sites is 1. The van der Waals surface area contributed by atoms with E-state index in [9.17, 15) is 9.18 Å². The highest BCUT2D eigenvalue weighted by atomic mass is 19.1. The number of hydrogen-bond acceptors (Lipinski definition) is 3. The van der Waals surface area contributed by atoms with Crippen LogP contribution in [0, 0.1) is 12.7 Å². The van der Waals surface area contributed by atoms with Crippen molar-refractivity contribution in [3.05, 3.63) is 47.5 Å². The Balaban J connectivity index is 1.67. The van der Waals surface area contributed by atoms with Crippen LogP contribution in [0.25, 0.3) is 0 Å². The molecule has 116 valence electrons. The summed E-state index contributed by atoms with van der Waals surface area (Å²) in [6.07, 6.45) is 0. The Kier molecular flexibility index (Phi) is 3.83. The lowest BCUT2D eigenvalue weighted by molar-refractivity contribution is 0.0740. The highest BCUT2D eigenvalue weighted by Crippen LogP contribution is 2.20. The van der Waals surface area contributed by atoms with Crippen LogP contribution in [0.15, 0.2) is 30.3 Å². The molecule has 5 nitrogen and oxygen atoms in total. The van der Waals surface area contributed by atoms with Gasteiger partial charge < -0.3 is 9.80 Å². The second-order valence-corrected chi connectivity index (χ2v) is 5.53. The summed E-state index contributed by atoms with van der Waals surface area (Å²) in [4.78, 5) is 16.2. The monoisotopic (exact) mass is 302 g/mol. The van der Waals surface area contributed by atoms with Gasteiger partial charge in [0.25, 0.3) is 5.91 Å². The third kappa shape index (κ3) is 2.68. The minimum Gasteiger partial charge on any atom is -0.366 e. The number of nitrogens with zero attached hydrogens (tertiary/aromatic N) is 4. The van der Waals surface area contributed by atoms with Crippen molar-refractivity contribution in [2.24, 2.45) is 7.05 Å². The summed E-state index contributed by atoms with van der Waals surface area (Å²) < 4.78 is 15.5. The Morgan fingerprint density at radius 3 is 2.45 bits per heavy atom. The van der Waals surface area contributed by atoms with Crippen molar-refractivity contribution in [3.63, 3.8) is 0 Å². The summed E-state index contributed by atoms with van der Waals surface area (Å²) in [5.74, 6) is -0.278. The Bertz CT molecular complexity index is 670.